The maximum atomic E-state index is 2.57. The van der Waals surface area contributed by atoms with Gasteiger partial charge in [0.2, 0.25) is 0 Å². The molecule has 1 aliphatic heterocycles. The summed E-state index contributed by atoms with van der Waals surface area (Å²) < 4.78 is 2.48. The van der Waals surface area contributed by atoms with Crippen LogP contribution in [-0.2, 0) is 6.67 Å². The predicted octanol–water partition coefficient (Wildman–Crippen LogP) is 4.57. The Bertz CT molecular complexity index is 974. The maximum absolute atomic E-state index is 2.57. The number of nitrogens with zero attached hydrogens (tertiary/aromatic N) is 3. The molecular formula is C23H23N3. The van der Waals surface area contributed by atoms with E-state index in [-0.39, 0.29) is 0 Å². The Kier molecular flexibility index (Phi) is 3.87. The molecule has 3 heteroatoms. The molecule has 0 amide bonds. The molecule has 3 aromatic carbocycles. The van der Waals surface area contributed by atoms with Crippen molar-refractivity contribution in [3.8, 4) is 0 Å². The summed E-state index contributed by atoms with van der Waals surface area (Å²) in [5, 5.41) is 2.71. The third-order valence-electron chi connectivity index (χ3n) is 5.51. The van der Waals surface area contributed by atoms with E-state index in [9.17, 15) is 0 Å². The summed E-state index contributed by atoms with van der Waals surface area (Å²) in [4.78, 5) is 5.06. The van der Waals surface area contributed by atoms with Gasteiger partial charge in [-0.25, -0.2) is 0 Å². The monoisotopic (exact) mass is 341 g/mol. The summed E-state index contributed by atoms with van der Waals surface area (Å²) in [6, 6.07) is 28.3. The van der Waals surface area contributed by atoms with E-state index in [1.54, 1.807) is 0 Å². The Morgan fingerprint density at radius 2 is 1.12 bits per heavy atom. The molecule has 1 aromatic heterocycles. The lowest BCUT2D eigenvalue weighted by Crippen LogP contribution is -2.46. The van der Waals surface area contributed by atoms with Crippen LogP contribution in [0.4, 0.5) is 5.69 Å². The fourth-order valence-corrected chi connectivity index (χ4v) is 4.14. The van der Waals surface area contributed by atoms with Crippen molar-refractivity contribution in [2.75, 3.05) is 31.1 Å². The van der Waals surface area contributed by atoms with Gasteiger partial charge >= 0.3 is 0 Å². The molecule has 26 heavy (non-hydrogen) atoms. The zero-order valence-electron chi connectivity index (χ0n) is 14.9. The van der Waals surface area contributed by atoms with Gasteiger partial charge in [0, 0.05) is 42.6 Å². The number of para-hydroxylation sites is 3. The lowest BCUT2D eigenvalue weighted by molar-refractivity contribution is 0.212. The maximum Gasteiger partial charge on any atom is 0.0758 e. The zero-order chi connectivity index (χ0) is 17.3. The summed E-state index contributed by atoms with van der Waals surface area (Å²) >= 11 is 0. The highest BCUT2D eigenvalue weighted by Gasteiger charge is 2.19. The number of piperazine rings is 1. The van der Waals surface area contributed by atoms with Crippen molar-refractivity contribution in [3.63, 3.8) is 0 Å². The van der Waals surface area contributed by atoms with Crippen LogP contribution in [0.2, 0.25) is 0 Å². The van der Waals surface area contributed by atoms with Crippen molar-refractivity contribution in [1.29, 1.82) is 0 Å². The second-order valence-electron chi connectivity index (χ2n) is 7.04. The van der Waals surface area contributed by atoms with E-state index < -0.39 is 0 Å². The number of aromatic nitrogens is 1. The van der Waals surface area contributed by atoms with Crippen LogP contribution < -0.4 is 4.90 Å². The van der Waals surface area contributed by atoms with Crippen molar-refractivity contribution < 1.29 is 0 Å². The fraction of sp³-hybridized carbons (Fsp3) is 0.217. The molecule has 0 saturated carbocycles. The molecule has 0 radical (unpaired) electrons. The highest BCUT2D eigenvalue weighted by Crippen LogP contribution is 2.29. The van der Waals surface area contributed by atoms with E-state index >= 15 is 0 Å². The first kappa shape index (κ1) is 15.5. The first-order valence-corrected chi connectivity index (χ1v) is 9.38. The van der Waals surface area contributed by atoms with Crippen LogP contribution in [0.3, 0.4) is 0 Å². The van der Waals surface area contributed by atoms with Crippen LogP contribution in [0.15, 0.2) is 78.9 Å². The quantitative estimate of drug-likeness (QED) is 0.541. The molecule has 0 atom stereocenters. The van der Waals surface area contributed by atoms with Crippen molar-refractivity contribution in [2.24, 2.45) is 0 Å². The average molecular weight is 341 g/mol. The summed E-state index contributed by atoms with van der Waals surface area (Å²) in [5.74, 6) is 0. The number of rotatable bonds is 3. The molecule has 2 heterocycles. The Balaban J connectivity index is 1.40. The summed E-state index contributed by atoms with van der Waals surface area (Å²) in [5.41, 5.74) is 4.00. The van der Waals surface area contributed by atoms with Gasteiger partial charge in [-0.3, -0.25) is 4.90 Å². The van der Waals surface area contributed by atoms with Gasteiger partial charge in [0.05, 0.1) is 17.7 Å². The van der Waals surface area contributed by atoms with Gasteiger partial charge in [0.1, 0.15) is 0 Å². The van der Waals surface area contributed by atoms with Crippen LogP contribution in [0.1, 0.15) is 0 Å². The number of anilines is 1. The summed E-state index contributed by atoms with van der Waals surface area (Å²) in [6.45, 7) is 5.31. The molecule has 0 unspecified atom stereocenters. The van der Waals surface area contributed by atoms with Gasteiger partial charge < -0.3 is 9.47 Å². The van der Waals surface area contributed by atoms with E-state index in [0.29, 0.717) is 0 Å². The van der Waals surface area contributed by atoms with Gasteiger partial charge in [-0.1, -0.05) is 54.6 Å². The van der Waals surface area contributed by atoms with Crippen LogP contribution in [0.25, 0.3) is 21.8 Å². The van der Waals surface area contributed by atoms with E-state index in [2.05, 4.69) is 93.2 Å². The molecule has 5 rings (SSSR count). The number of hydrogen-bond donors (Lipinski definition) is 0. The minimum absolute atomic E-state index is 0.955. The Labute approximate surface area is 154 Å². The van der Waals surface area contributed by atoms with Gasteiger partial charge in [-0.15, -0.1) is 0 Å². The van der Waals surface area contributed by atoms with Crippen LogP contribution in [-0.4, -0.2) is 35.6 Å². The molecule has 130 valence electrons. The lowest BCUT2D eigenvalue weighted by Gasteiger charge is -2.36. The van der Waals surface area contributed by atoms with E-state index in [1.807, 2.05) is 0 Å². The van der Waals surface area contributed by atoms with Crippen molar-refractivity contribution >= 4 is 27.5 Å². The first-order valence-electron chi connectivity index (χ1n) is 9.38. The SMILES string of the molecule is c1ccc(N2CCN(Cn3c4ccccc4c4ccccc43)CC2)cc1. The van der Waals surface area contributed by atoms with Crippen LogP contribution in [0.5, 0.6) is 0 Å². The molecule has 0 spiro atoms. The zero-order valence-corrected chi connectivity index (χ0v) is 14.9. The summed E-state index contributed by atoms with van der Waals surface area (Å²) in [6.07, 6.45) is 0. The number of fused-ring (bicyclic) bond motifs is 3. The molecule has 0 N–H and O–H groups in total. The molecular weight excluding hydrogens is 318 g/mol. The Hall–Kier alpha value is -2.78. The number of benzene rings is 3. The minimum Gasteiger partial charge on any atom is -0.369 e. The molecule has 1 aliphatic rings. The van der Waals surface area contributed by atoms with Gasteiger partial charge in [0.15, 0.2) is 0 Å². The predicted molar refractivity (Wildman–Crippen MR) is 110 cm³/mol. The van der Waals surface area contributed by atoms with Gasteiger partial charge in [0.25, 0.3) is 0 Å². The Morgan fingerprint density at radius 3 is 1.73 bits per heavy atom. The fourth-order valence-electron chi connectivity index (χ4n) is 4.14. The highest BCUT2D eigenvalue weighted by molar-refractivity contribution is 6.07. The summed E-state index contributed by atoms with van der Waals surface area (Å²) in [7, 11) is 0. The molecule has 0 aliphatic carbocycles. The van der Waals surface area contributed by atoms with Crippen LogP contribution >= 0.6 is 0 Å². The standard InChI is InChI=1S/C23H23N3/c1-2-8-19(9-3-1)25-16-14-24(15-17-25)18-26-22-12-6-4-10-20(22)21-11-5-7-13-23(21)26/h1-13H,14-18H2. The second kappa shape index (κ2) is 6.50. The smallest absolute Gasteiger partial charge is 0.0758 e. The average Bonchev–Trinajstić information content (AvgIpc) is 3.04. The highest BCUT2D eigenvalue weighted by atomic mass is 15.3. The van der Waals surface area contributed by atoms with Crippen molar-refractivity contribution in [2.45, 2.75) is 6.67 Å². The van der Waals surface area contributed by atoms with Crippen molar-refractivity contribution in [3.05, 3.63) is 78.9 Å². The molecule has 3 nitrogen and oxygen atoms in total. The second-order valence-corrected chi connectivity index (χ2v) is 7.04. The normalized spacial score (nSPS) is 15.8. The van der Waals surface area contributed by atoms with Gasteiger partial charge in [-0.2, -0.15) is 0 Å². The van der Waals surface area contributed by atoms with E-state index in [1.165, 1.54) is 27.5 Å². The molecule has 1 fully saturated rings. The lowest BCUT2D eigenvalue weighted by atomic mass is 10.2. The van der Waals surface area contributed by atoms with E-state index in [4.69, 9.17) is 0 Å². The molecule has 1 saturated heterocycles. The Morgan fingerprint density at radius 1 is 0.577 bits per heavy atom. The molecule has 0 bridgehead atoms. The van der Waals surface area contributed by atoms with Crippen molar-refractivity contribution in [1.82, 2.24) is 9.47 Å². The largest absolute Gasteiger partial charge is 0.369 e. The molecule has 4 aromatic rings. The first-order chi connectivity index (χ1) is 12.9. The van der Waals surface area contributed by atoms with Gasteiger partial charge in [-0.05, 0) is 24.3 Å². The topological polar surface area (TPSA) is 11.4 Å². The minimum atomic E-state index is 0.955. The number of hydrogen-bond acceptors (Lipinski definition) is 2. The van der Waals surface area contributed by atoms with Crippen LogP contribution in [0, 0.1) is 0 Å². The van der Waals surface area contributed by atoms with E-state index in [0.717, 1.165) is 32.8 Å². The third kappa shape index (κ3) is 2.65. The third-order valence-corrected chi connectivity index (χ3v) is 5.51.